The number of rotatable bonds is 4. The average Bonchev–Trinajstić information content (AvgIpc) is 2.38. The van der Waals surface area contributed by atoms with Crippen LogP contribution in [0.2, 0.25) is 0 Å². The van der Waals surface area contributed by atoms with Gasteiger partial charge in [0.05, 0.1) is 0 Å². The fourth-order valence-corrected chi connectivity index (χ4v) is 2.88. The summed E-state index contributed by atoms with van der Waals surface area (Å²) in [4.78, 5) is 0. The van der Waals surface area contributed by atoms with E-state index in [0.29, 0.717) is 0 Å². The zero-order chi connectivity index (χ0) is 12.1. The van der Waals surface area contributed by atoms with Crippen molar-refractivity contribution in [3.63, 3.8) is 0 Å². The first-order chi connectivity index (χ1) is 8.25. The summed E-state index contributed by atoms with van der Waals surface area (Å²) in [5, 5.41) is 3.72. The van der Waals surface area contributed by atoms with Crippen molar-refractivity contribution in [2.75, 3.05) is 0 Å². The number of hydrogen-bond acceptors (Lipinski definition) is 1. The lowest BCUT2D eigenvalue weighted by molar-refractivity contribution is 0.231. The Balaban J connectivity index is 1.79. The van der Waals surface area contributed by atoms with Crippen molar-refractivity contribution in [3.05, 3.63) is 35.9 Å². The normalized spacial score (nSPS) is 25.1. The first-order valence-electron chi connectivity index (χ1n) is 7.03. The average molecular weight is 231 g/mol. The van der Waals surface area contributed by atoms with Crippen LogP contribution in [0.15, 0.2) is 30.3 Å². The molecule has 1 saturated carbocycles. The highest BCUT2D eigenvalue weighted by Crippen LogP contribution is 2.29. The van der Waals surface area contributed by atoms with Crippen LogP contribution in [-0.2, 0) is 6.54 Å². The Morgan fingerprint density at radius 2 is 1.94 bits per heavy atom. The van der Waals surface area contributed by atoms with Gasteiger partial charge in [0, 0.05) is 12.6 Å². The second kappa shape index (κ2) is 6.20. The van der Waals surface area contributed by atoms with Gasteiger partial charge in [0.15, 0.2) is 0 Å². The van der Waals surface area contributed by atoms with Crippen molar-refractivity contribution in [3.8, 4) is 0 Å². The molecule has 1 heteroatoms. The Labute approximate surface area is 106 Å². The maximum Gasteiger partial charge on any atom is 0.0208 e. The molecule has 1 aromatic rings. The van der Waals surface area contributed by atoms with E-state index in [2.05, 4.69) is 49.5 Å². The Morgan fingerprint density at radius 1 is 1.18 bits per heavy atom. The smallest absolute Gasteiger partial charge is 0.0208 e. The molecule has 0 aromatic heterocycles. The molecule has 0 unspecified atom stereocenters. The lowest BCUT2D eigenvalue weighted by Crippen LogP contribution is -2.35. The molecule has 17 heavy (non-hydrogen) atoms. The van der Waals surface area contributed by atoms with Gasteiger partial charge < -0.3 is 5.32 Å². The van der Waals surface area contributed by atoms with Gasteiger partial charge in [0.1, 0.15) is 0 Å². The van der Waals surface area contributed by atoms with Gasteiger partial charge in [0.2, 0.25) is 0 Å². The first-order valence-corrected chi connectivity index (χ1v) is 7.03. The summed E-state index contributed by atoms with van der Waals surface area (Å²) < 4.78 is 0. The number of benzene rings is 1. The van der Waals surface area contributed by atoms with E-state index in [1.807, 2.05) is 0 Å². The lowest BCUT2D eigenvalue weighted by Gasteiger charge is -2.32. The molecule has 0 amide bonds. The van der Waals surface area contributed by atoms with Crippen LogP contribution in [0.25, 0.3) is 0 Å². The van der Waals surface area contributed by atoms with Crippen molar-refractivity contribution in [1.29, 1.82) is 0 Å². The van der Waals surface area contributed by atoms with Crippen LogP contribution < -0.4 is 5.32 Å². The van der Waals surface area contributed by atoms with Crippen molar-refractivity contribution in [2.45, 2.75) is 52.1 Å². The van der Waals surface area contributed by atoms with E-state index in [1.165, 1.54) is 31.2 Å². The van der Waals surface area contributed by atoms with Crippen LogP contribution in [0.5, 0.6) is 0 Å². The Morgan fingerprint density at radius 3 is 2.65 bits per heavy atom. The van der Waals surface area contributed by atoms with Crippen molar-refractivity contribution >= 4 is 0 Å². The molecular weight excluding hydrogens is 206 g/mol. The maximum absolute atomic E-state index is 3.72. The molecule has 2 atom stereocenters. The van der Waals surface area contributed by atoms with Gasteiger partial charge in [-0.3, -0.25) is 0 Å². The standard InChI is InChI=1S/C16H25N/c1-13(2)15-9-6-10-16(11-15)17-12-14-7-4-3-5-8-14/h3-5,7-8,13,15-17H,6,9-12H2,1-2H3/t15-,16-/m0/s1. The molecule has 1 aliphatic carbocycles. The highest BCUT2D eigenvalue weighted by atomic mass is 14.9. The predicted octanol–water partition coefficient (Wildman–Crippen LogP) is 3.99. The Hall–Kier alpha value is -0.820. The molecule has 0 heterocycles. The third-order valence-corrected chi connectivity index (χ3v) is 4.10. The van der Waals surface area contributed by atoms with Crippen LogP contribution in [0.4, 0.5) is 0 Å². The fourth-order valence-electron chi connectivity index (χ4n) is 2.88. The summed E-state index contributed by atoms with van der Waals surface area (Å²) >= 11 is 0. The Bertz CT molecular complexity index is 318. The molecule has 1 fully saturated rings. The zero-order valence-electron chi connectivity index (χ0n) is 11.2. The van der Waals surface area contributed by atoms with Crippen molar-refractivity contribution in [2.24, 2.45) is 11.8 Å². The molecule has 0 saturated heterocycles. The molecule has 0 aliphatic heterocycles. The summed E-state index contributed by atoms with van der Waals surface area (Å²) in [6.45, 7) is 5.75. The molecule has 0 spiro atoms. The van der Waals surface area contributed by atoms with E-state index in [-0.39, 0.29) is 0 Å². The minimum absolute atomic E-state index is 0.733. The van der Waals surface area contributed by atoms with E-state index < -0.39 is 0 Å². The minimum atomic E-state index is 0.733. The highest BCUT2D eigenvalue weighted by molar-refractivity contribution is 5.14. The van der Waals surface area contributed by atoms with E-state index in [1.54, 1.807) is 0 Å². The fraction of sp³-hybridized carbons (Fsp3) is 0.625. The summed E-state index contributed by atoms with van der Waals surface area (Å²) in [6, 6.07) is 11.5. The molecular formula is C16H25N. The van der Waals surface area contributed by atoms with Gasteiger partial charge in [-0.2, -0.15) is 0 Å². The Kier molecular flexibility index (Phi) is 4.61. The monoisotopic (exact) mass is 231 g/mol. The molecule has 1 nitrogen and oxygen atoms in total. The third kappa shape index (κ3) is 3.85. The van der Waals surface area contributed by atoms with Gasteiger partial charge in [-0.15, -0.1) is 0 Å². The van der Waals surface area contributed by atoms with Gasteiger partial charge >= 0.3 is 0 Å². The molecule has 94 valence electrons. The third-order valence-electron chi connectivity index (χ3n) is 4.10. The van der Waals surface area contributed by atoms with E-state index in [9.17, 15) is 0 Å². The van der Waals surface area contributed by atoms with Gasteiger partial charge in [-0.05, 0) is 30.2 Å². The topological polar surface area (TPSA) is 12.0 Å². The van der Waals surface area contributed by atoms with Gasteiger partial charge in [-0.1, -0.05) is 57.0 Å². The largest absolute Gasteiger partial charge is 0.310 e. The summed E-state index contributed by atoms with van der Waals surface area (Å²) in [5.41, 5.74) is 1.40. The van der Waals surface area contributed by atoms with E-state index in [0.717, 1.165) is 24.4 Å². The maximum atomic E-state index is 3.72. The van der Waals surface area contributed by atoms with Gasteiger partial charge in [0.25, 0.3) is 0 Å². The zero-order valence-corrected chi connectivity index (χ0v) is 11.2. The number of nitrogens with one attached hydrogen (secondary N) is 1. The quantitative estimate of drug-likeness (QED) is 0.826. The van der Waals surface area contributed by atoms with Crippen LogP contribution >= 0.6 is 0 Å². The van der Waals surface area contributed by atoms with Crippen LogP contribution in [-0.4, -0.2) is 6.04 Å². The van der Waals surface area contributed by atoms with E-state index >= 15 is 0 Å². The SMILES string of the molecule is CC(C)[C@H]1CCC[C@H](NCc2ccccc2)C1. The second-order valence-electron chi connectivity index (χ2n) is 5.73. The number of hydrogen-bond donors (Lipinski definition) is 1. The molecule has 1 N–H and O–H groups in total. The minimum Gasteiger partial charge on any atom is -0.310 e. The van der Waals surface area contributed by atoms with E-state index in [4.69, 9.17) is 0 Å². The summed E-state index contributed by atoms with van der Waals surface area (Å²) in [5.74, 6) is 1.77. The summed E-state index contributed by atoms with van der Waals surface area (Å²) in [7, 11) is 0. The van der Waals surface area contributed by atoms with Crippen molar-refractivity contribution < 1.29 is 0 Å². The second-order valence-corrected chi connectivity index (χ2v) is 5.73. The molecule has 2 rings (SSSR count). The first kappa shape index (κ1) is 12.6. The van der Waals surface area contributed by atoms with Crippen LogP contribution in [0.1, 0.15) is 45.1 Å². The van der Waals surface area contributed by atoms with Crippen LogP contribution in [0, 0.1) is 11.8 Å². The van der Waals surface area contributed by atoms with Gasteiger partial charge in [-0.25, -0.2) is 0 Å². The molecule has 0 radical (unpaired) electrons. The molecule has 0 bridgehead atoms. The lowest BCUT2D eigenvalue weighted by atomic mass is 9.79. The highest BCUT2D eigenvalue weighted by Gasteiger charge is 2.23. The predicted molar refractivity (Wildman–Crippen MR) is 73.9 cm³/mol. The molecule has 1 aliphatic rings. The molecule has 1 aromatic carbocycles. The summed E-state index contributed by atoms with van der Waals surface area (Å²) in [6.07, 6.45) is 5.55. The van der Waals surface area contributed by atoms with Crippen molar-refractivity contribution in [1.82, 2.24) is 5.32 Å². The van der Waals surface area contributed by atoms with Crippen LogP contribution in [0.3, 0.4) is 0 Å².